The van der Waals surface area contributed by atoms with Crippen LogP contribution in [0.15, 0.2) is 42.5 Å². The van der Waals surface area contributed by atoms with Crippen molar-refractivity contribution in [2.75, 3.05) is 0 Å². The number of hydrogen-bond donors (Lipinski definition) is 1. The standard InChI is InChI=1S/C21H20ClNO2/c1-12-5-10-16(22)18-15(20(24)25)11-17(23-19(12)18)13-6-8-14(9-7-13)21(2,3)4/h5-11H,1-4H3,(H,24,25). The molecular weight excluding hydrogens is 334 g/mol. The first-order valence-corrected chi connectivity index (χ1v) is 8.50. The van der Waals surface area contributed by atoms with E-state index in [1.807, 2.05) is 25.1 Å². The van der Waals surface area contributed by atoms with Crippen LogP contribution in [0.5, 0.6) is 0 Å². The third-order valence-electron chi connectivity index (χ3n) is 4.39. The van der Waals surface area contributed by atoms with Gasteiger partial charge in [-0.25, -0.2) is 9.78 Å². The van der Waals surface area contributed by atoms with Crippen LogP contribution in [-0.2, 0) is 5.41 Å². The lowest BCUT2D eigenvalue weighted by molar-refractivity contribution is 0.0699. The molecule has 1 heterocycles. The van der Waals surface area contributed by atoms with Crippen LogP contribution >= 0.6 is 11.6 Å². The number of aromatic carboxylic acids is 1. The van der Waals surface area contributed by atoms with E-state index in [1.54, 1.807) is 12.1 Å². The number of hydrogen-bond acceptors (Lipinski definition) is 2. The van der Waals surface area contributed by atoms with E-state index in [9.17, 15) is 9.90 Å². The number of carbonyl (C=O) groups is 1. The minimum absolute atomic E-state index is 0.0612. The number of benzene rings is 2. The Bertz CT molecular complexity index is 970. The summed E-state index contributed by atoms with van der Waals surface area (Å²) in [5.74, 6) is -1.01. The molecule has 1 N–H and O–H groups in total. The topological polar surface area (TPSA) is 50.2 Å². The molecule has 4 heteroatoms. The van der Waals surface area contributed by atoms with E-state index in [1.165, 1.54) is 5.56 Å². The highest BCUT2D eigenvalue weighted by Crippen LogP contribution is 2.32. The molecule has 1 aromatic heterocycles. The number of carboxylic acid groups (broad SMARTS) is 1. The van der Waals surface area contributed by atoms with Gasteiger partial charge in [0.05, 0.1) is 21.8 Å². The van der Waals surface area contributed by atoms with Crippen LogP contribution in [0, 0.1) is 6.92 Å². The Balaban J connectivity index is 2.24. The smallest absolute Gasteiger partial charge is 0.336 e. The Morgan fingerprint density at radius 1 is 1.08 bits per heavy atom. The van der Waals surface area contributed by atoms with Gasteiger partial charge in [-0.2, -0.15) is 0 Å². The molecule has 25 heavy (non-hydrogen) atoms. The molecule has 128 valence electrons. The lowest BCUT2D eigenvalue weighted by atomic mass is 9.86. The SMILES string of the molecule is Cc1ccc(Cl)c2c(C(=O)O)cc(-c3ccc(C(C)(C)C)cc3)nc12. The van der Waals surface area contributed by atoms with Gasteiger partial charge in [0.2, 0.25) is 0 Å². The maximum Gasteiger partial charge on any atom is 0.336 e. The molecule has 2 aromatic carbocycles. The summed E-state index contributed by atoms with van der Waals surface area (Å²) < 4.78 is 0. The zero-order valence-corrected chi connectivity index (χ0v) is 15.5. The molecule has 0 radical (unpaired) electrons. The zero-order chi connectivity index (χ0) is 18.4. The number of halogens is 1. The largest absolute Gasteiger partial charge is 0.478 e. The minimum Gasteiger partial charge on any atom is -0.478 e. The molecule has 3 nitrogen and oxygen atoms in total. The van der Waals surface area contributed by atoms with Crippen LogP contribution < -0.4 is 0 Å². The first kappa shape index (κ1) is 17.4. The van der Waals surface area contributed by atoms with Gasteiger partial charge in [-0.15, -0.1) is 0 Å². The highest BCUT2D eigenvalue weighted by molar-refractivity contribution is 6.36. The van der Waals surface area contributed by atoms with Crippen molar-refractivity contribution in [2.45, 2.75) is 33.1 Å². The Hall–Kier alpha value is -2.39. The molecule has 0 unspecified atom stereocenters. The summed E-state index contributed by atoms with van der Waals surface area (Å²) in [5.41, 5.74) is 4.50. The molecule has 0 saturated carbocycles. The quantitative estimate of drug-likeness (QED) is 0.627. The molecule has 3 aromatic rings. The van der Waals surface area contributed by atoms with Crippen LogP contribution in [-0.4, -0.2) is 16.1 Å². The van der Waals surface area contributed by atoms with Crippen LogP contribution in [0.1, 0.15) is 42.3 Å². The van der Waals surface area contributed by atoms with E-state index >= 15 is 0 Å². The number of fused-ring (bicyclic) bond motifs is 1. The molecule has 0 atom stereocenters. The fraction of sp³-hybridized carbons (Fsp3) is 0.238. The second-order valence-electron chi connectivity index (χ2n) is 7.28. The molecular formula is C21H20ClNO2. The molecule has 0 bridgehead atoms. The van der Waals surface area contributed by atoms with Gasteiger partial charge in [-0.3, -0.25) is 0 Å². The monoisotopic (exact) mass is 353 g/mol. The van der Waals surface area contributed by atoms with Crippen molar-refractivity contribution in [3.8, 4) is 11.3 Å². The number of aryl methyl sites for hydroxylation is 1. The third kappa shape index (κ3) is 3.24. The lowest BCUT2D eigenvalue weighted by Crippen LogP contribution is -2.10. The predicted octanol–water partition coefficient (Wildman–Crippen LogP) is 5.86. The minimum atomic E-state index is -1.01. The number of pyridine rings is 1. The molecule has 0 saturated heterocycles. The number of aromatic nitrogens is 1. The van der Waals surface area contributed by atoms with Crippen molar-refractivity contribution < 1.29 is 9.90 Å². The second kappa shape index (κ2) is 6.16. The maximum atomic E-state index is 11.8. The molecule has 0 aliphatic carbocycles. The molecule has 0 amide bonds. The van der Waals surface area contributed by atoms with Crippen molar-refractivity contribution in [3.63, 3.8) is 0 Å². The summed E-state index contributed by atoms with van der Waals surface area (Å²) in [6.45, 7) is 8.38. The van der Waals surface area contributed by atoms with Crippen molar-refractivity contribution in [3.05, 3.63) is 64.2 Å². The Morgan fingerprint density at radius 2 is 1.72 bits per heavy atom. The lowest BCUT2D eigenvalue weighted by Gasteiger charge is -2.19. The summed E-state index contributed by atoms with van der Waals surface area (Å²) in [6, 6.07) is 13.3. The van der Waals surface area contributed by atoms with Crippen LogP contribution in [0.2, 0.25) is 5.02 Å². The van der Waals surface area contributed by atoms with Gasteiger partial charge in [0.15, 0.2) is 0 Å². The number of rotatable bonds is 2. The number of carboxylic acids is 1. The molecule has 0 fully saturated rings. The van der Waals surface area contributed by atoms with E-state index in [-0.39, 0.29) is 11.0 Å². The van der Waals surface area contributed by atoms with E-state index in [2.05, 4.69) is 32.9 Å². The van der Waals surface area contributed by atoms with Crippen LogP contribution in [0.4, 0.5) is 0 Å². The first-order valence-electron chi connectivity index (χ1n) is 8.12. The van der Waals surface area contributed by atoms with Crippen LogP contribution in [0.3, 0.4) is 0 Å². The van der Waals surface area contributed by atoms with Gasteiger partial charge in [0, 0.05) is 10.9 Å². The average molecular weight is 354 g/mol. The van der Waals surface area contributed by atoms with Gasteiger partial charge in [-0.1, -0.05) is 62.7 Å². The Labute approximate surface area is 152 Å². The second-order valence-corrected chi connectivity index (χ2v) is 7.68. The average Bonchev–Trinajstić information content (AvgIpc) is 2.56. The summed E-state index contributed by atoms with van der Waals surface area (Å²) in [7, 11) is 0. The van der Waals surface area contributed by atoms with Crippen molar-refractivity contribution in [1.29, 1.82) is 0 Å². The molecule has 0 aliphatic rings. The van der Waals surface area contributed by atoms with E-state index in [4.69, 9.17) is 16.6 Å². The summed E-state index contributed by atoms with van der Waals surface area (Å²) in [5, 5.41) is 10.5. The molecule has 3 rings (SSSR count). The number of nitrogens with zero attached hydrogens (tertiary/aromatic N) is 1. The van der Waals surface area contributed by atoms with Gasteiger partial charge in [0.25, 0.3) is 0 Å². The fourth-order valence-electron chi connectivity index (χ4n) is 2.89. The van der Waals surface area contributed by atoms with E-state index in [0.29, 0.717) is 21.6 Å². The maximum absolute atomic E-state index is 11.8. The van der Waals surface area contributed by atoms with Crippen molar-refractivity contribution >= 4 is 28.5 Å². The van der Waals surface area contributed by atoms with Gasteiger partial charge in [-0.05, 0) is 35.6 Å². The Morgan fingerprint density at radius 3 is 2.28 bits per heavy atom. The third-order valence-corrected chi connectivity index (χ3v) is 4.70. The van der Waals surface area contributed by atoms with Crippen molar-refractivity contribution in [1.82, 2.24) is 4.98 Å². The van der Waals surface area contributed by atoms with Crippen molar-refractivity contribution in [2.24, 2.45) is 0 Å². The molecule has 0 spiro atoms. The van der Waals surface area contributed by atoms with Gasteiger partial charge < -0.3 is 5.11 Å². The van der Waals surface area contributed by atoms with E-state index in [0.717, 1.165) is 11.1 Å². The van der Waals surface area contributed by atoms with Crippen LogP contribution in [0.25, 0.3) is 22.2 Å². The Kier molecular flexibility index (Phi) is 4.29. The normalized spacial score (nSPS) is 11.7. The van der Waals surface area contributed by atoms with E-state index < -0.39 is 5.97 Å². The first-order chi connectivity index (χ1) is 11.7. The van der Waals surface area contributed by atoms with Gasteiger partial charge >= 0.3 is 5.97 Å². The summed E-state index contributed by atoms with van der Waals surface area (Å²) in [6.07, 6.45) is 0. The van der Waals surface area contributed by atoms with Gasteiger partial charge in [0.1, 0.15) is 0 Å². The zero-order valence-electron chi connectivity index (χ0n) is 14.7. The predicted molar refractivity (Wildman–Crippen MR) is 103 cm³/mol. The summed E-state index contributed by atoms with van der Waals surface area (Å²) in [4.78, 5) is 16.5. The molecule has 0 aliphatic heterocycles. The highest BCUT2D eigenvalue weighted by Gasteiger charge is 2.18. The summed E-state index contributed by atoms with van der Waals surface area (Å²) >= 11 is 6.24. The highest BCUT2D eigenvalue weighted by atomic mass is 35.5. The fourth-order valence-corrected chi connectivity index (χ4v) is 3.14.